The maximum absolute atomic E-state index is 10.6. The van der Waals surface area contributed by atoms with Crippen molar-refractivity contribution < 1.29 is 20.1 Å². The summed E-state index contributed by atoms with van der Waals surface area (Å²) >= 11 is 0. The summed E-state index contributed by atoms with van der Waals surface area (Å²) in [5, 5.41) is 29.8. The van der Waals surface area contributed by atoms with Crippen molar-refractivity contribution in [2.45, 2.75) is 77.2 Å². The molecule has 0 aromatic rings. The number of carboxylic acids is 1. The summed E-state index contributed by atoms with van der Waals surface area (Å²) in [4.78, 5) is 10.6. The van der Waals surface area contributed by atoms with Crippen LogP contribution in [0, 0.1) is 23.7 Å². The number of rotatable bonds is 12. The molecule has 2 aliphatic carbocycles. The molecule has 0 heterocycles. The minimum absolute atomic E-state index is 0.150. The molecule has 2 aliphatic rings. The van der Waals surface area contributed by atoms with Crippen LogP contribution in [0.3, 0.4) is 0 Å². The van der Waals surface area contributed by atoms with Crippen molar-refractivity contribution >= 4 is 5.97 Å². The molecule has 4 nitrogen and oxygen atoms in total. The monoisotopic (exact) mass is 376 g/mol. The van der Waals surface area contributed by atoms with Gasteiger partial charge in [0.2, 0.25) is 0 Å². The Kier molecular flexibility index (Phi) is 8.62. The normalized spacial score (nSPS) is 28.7. The summed E-state index contributed by atoms with van der Waals surface area (Å²) in [6, 6.07) is 0. The quantitative estimate of drug-likeness (QED) is 0.242. The van der Waals surface area contributed by atoms with Crippen molar-refractivity contribution in [3.8, 4) is 0 Å². The molecule has 1 saturated carbocycles. The van der Waals surface area contributed by atoms with Gasteiger partial charge in [0.05, 0.1) is 11.9 Å². The SMILES string of the molecule is C=CCCCC(C)CC=C(O)[C@H]1[C@@H]2CC(CCCCC(=O)O)=C[C@@H]2C[C@@H]1O. The highest BCUT2D eigenvalue weighted by molar-refractivity contribution is 5.66. The smallest absolute Gasteiger partial charge is 0.303 e. The maximum Gasteiger partial charge on any atom is 0.303 e. The van der Waals surface area contributed by atoms with Crippen molar-refractivity contribution in [2.75, 3.05) is 0 Å². The van der Waals surface area contributed by atoms with Crippen LogP contribution in [0.15, 0.2) is 36.1 Å². The lowest BCUT2D eigenvalue weighted by Gasteiger charge is -2.22. The summed E-state index contributed by atoms with van der Waals surface area (Å²) in [6.07, 6.45) is 14.3. The van der Waals surface area contributed by atoms with Gasteiger partial charge in [0.1, 0.15) is 0 Å². The fourth-order valence-electron chi connectivity index (χ4n) is 4.71. The lowest BCUT2D eigenvalue weighted by Crippen LogP contribution is -2.22. The number of hydrogen-bond acceptors (Lipinski definition) is 3. The van der Waals surface area contributed by atoms with E-state index >= 15 is 0 Å². The summed E-state index contributed by atoms with van der Waals surface area (Å²) in [5.74, 6) is 0.647. The van der Waals surface area contributed by atoms with E-state index < -0.39 is 12.1 Å². The zero-order chi connectivity index (χ0) is 19.8. The van der Waals surface area contributed by atoms with Crippen LogP contribution in [0.4, 0.5) is 0 Å². The van der Waals surface area contributed by atoms with E-state index in [1.54, 1.807) is 0 Å². The van der Waals surface area contributed by atoms with Crippen molar-refractivity contribution in [3.05, 3.63) is 36.1 Å². The summed E-state index contributed by atoms with van der Waals surface area (Å²) in [6.45, 7) is 5.95. The van der Waals surface area contributed by atoms with Gasteiger partial charge < -0.3 is 15.3 Å². The van der Waals surface area contributed by atoms with E-state index in [-0.39, 0.29) is 12.3 Å². The molecule has 27 heavy (non-hydrogen) atoms. The van der Waals surface area contributed by atoms with Crippen LogP contribution in [0.2, 0.25) is 0 Å². The van der Waals surface area contributed by atoms with Crippen molar-refractivity contribution in [2.24, 2.45) is 23.7 Å². The van der Waals surface area contributed by atoms with Crippen molar-refractivity contribution in [1.29, 1.82) is 0 Å². The zero-order valence-corrected chi connectivity index (χ0v) is 16.6. The van der Waals surface area contributed by atoms with Gasteiger partial charge >= 0.3 is 5.97 Å². The first-order valence-corrected chi connectivity index (χ1v) is 10.5. The zero-order valence-electron chi connectivity index (χ0n) is 16.6. The number of aliphatic carboxylic acids is 1. The van der Waals surface area contributed by atoms with Gasteiger partial charge in [-0.2, -0.15) is 0 Å². The van der Waals surface area contributed by atoms with E-state index in [4.69, 9.17) is 5.11 Å². The molecule has 0 radical (unpaired) electrons. The number of carbonyl (C=O) groups is 1. The number of aliphatic hydroxyl groups is 2. The fourth-order valence-corrected chi connectivity index (χ4v) is 4.71. The van der Waals surface area contributed by atoms with Crippen molar-refractivity contribution in [3.63, 3.8) is 0 Å². The van der Waals surface area contributed by atoms with E-state index in [0.29, 0.717) is 29.9 Å². The highest BCUT2D eigenvalue weighted by Crippen LogP contribution is 2.49. The van der Waals surface area contributed by atoms with Gasteiger partial charge in [0, 0.05) is 12.3 Å². The van der Waals surface area contributed by atoms with Crippen molar-refractivity contribution in [1.82, 2.24) is 0 Å². The molecule has 0 aromatic carbocycles. The third-order valence-corrected chi connectivity index (χ3v) is 6.20. The Balaban J connectivity index is 1.83. The largest absolute Gasteiger partial charge is 0.512 e. The van der Waals surface area contributed by atoms with Gasteiger partial charge in [-0.3, -0.25) is 4.79 Å². The predicted octanol–water partition coefficient (Wildman–Crippen LogP) is 5.40. The molecule has 152 valence electrons. The summed E-state index contributed by atoms with van der Waals surface area (Å²) < 4.78 is 0. The Labute approximate surface area is 163 Å². The second-order valence-electron chi connectivity index (χ2n) is 8.48. The van der Waals surface area contributed by atoms with Crippen LogP contribution >= 0.6 is 0 Å². The van der Waals surface area contributed by atoms with Gasteiger partial charge in [0.25, 0.3) is 0 Å². The molecule has 0 amide bonds. The van der Waals surface area contributed by atoms with E-state index in [0.717, 1.165) is 51.4 Å². The molecule has 0 aromatic heterocycles. The Hall–Kier alpha value is -1.55. The van der Waals surface area contributed by atoms with Gasteiger partial charge in [-0.05, 0) is 75.2 Å². The van der Waals surface area contributed by atoms with Crippen LogP contribution in [0.25, 0.3) is 0 Å². The molecule has 0 bridgehead atoms. The second-order valence-corrected chi connectivity index (χ2v) is 8.48. The first-order chi connectivity index (χ1) is 12.9. The average molecular weight is 377 g/mol. The molecule has 0 spiro atoms. The highest BCUT2D eigenvalue weighted by Gasteiger charge is 2.46. The minimum Gasteiger partial charge on any atom is -0.512 e. The molecular formula is C23H36O4. The first kappa shape index (κ1) is 21.7. The van der Waals surface area contributed by atoms with E-state index in [1.807, 2.05) is 12.2 Å². The van der Waals surface area contributed by atoms with E-state index in [9.17, 15) is 15.0 Å². The molecule has 4 heteroatoms. The highest BCUT2D eigenvalue weighted by atomic mass is 16.4. The van der Waals surface area contributed by atoms with Gasteiger partial charge in [-0.1, -0.05) is 31.1 Å². The Morgan fingerprint density at radius 2 is 2.11 bits per heavy atom. The first-order valence-electron chi connectivity index (χ1n) is 10.5. The maximum atomic E-state index is 10.6. The molecule has 1 unspecified atom stereocenters. The van der Waals surface area contributed by atoms with Gasteiger partial charge in [-0.25, -0.2) is 0 Å². The lowest BCUT2D eigenvalue weighted by molar-refractivity contribution is -0.137. The number of fused-ring (bicyclic) bond motifs is 1. The van der Waals surface area contributed by atoms with E-state index in [2.05, 4.69) is 19.6 Å². The lowest BCUT2D eigenvalue weighted by atomic mass is 9.86. The van der Waals surface area contributed by atoms with Crippen LogP contribution < -0.4 is 0 Å². The Morgan fingerprint density at radius 1 is 1.33 bits per heavy atom. The van der Waals surface area contributed by atoms with E-state index in [1.165, 1.54) is 5.57 Å². The Morgan fingerprint density at radius 3 is 2.81 bits per heavy atom. The number of hydrogen-bond donors (Lipinski definition) is 3. The molecule has 2 rings (SSSR count). The standard InChI is InChI=1S/C23H36O4/c1-3-4-5-8-16(2)11-12-20(24)23-19-14-17(9-6-7-10-22(26)27)13-18(19)15-21(23)25/h3,12-13,16,18-19,21,23-25H,1,4-11,14-15H2,2H3,(H,26,27)/t16?,18-,19-,21+,23-/m1/s1. The van der Waals surface area contributed by atoms with Crippen LogP contribution in [-0.2, 0) is 4.79 Å². The van der Waals surface area contributed by atoms with Gasteiger partial charge in [-0.15, -0.1) is 6.58 Å². The minimum atomic E-state index is -0.732. The number of aliphatic hydroxyl groups excluding tert-OH is 2. The topological polar surface area (TPSA) is 77.8 Å². The molecule has 5 atom stereocenters. The third-order valence-electron chi connectivity index (χ3n) is 6.20. The molecule has 0 aliphatic heterocycles. The number of unbranched alkanes of at least 4 members (excludes halogenated alkanes) is 2. The summed E-state index contributed by atoms with van der Waals surface area (Å²) in [7, 11) is 0. The molecule has 1 fully saturated rings. The fraction of sp³-hybridized carbons (Fsp3) is 0.696. The Bertz CT molecular complexity index is 563. The molecule has 3 N–H and O–H groups in total. The van der Waals surface area contributed by atoms with Gasteiger partial charge in [0.15, 0.2) is 0 Å². The van der Waals surface area contributed by atoms with Crippen LogP contribution in [0.1, 0.15) is 71.1 Å². The van der Waals surface area contributed by atoms with Crippen LogP contribution in [0.5, 0.6) is 0 Å². The molecular weight excluding hydrogens is 340 g/mol. The number of carboxylic acid groups (broad SMARTS) is 1. The van der Waals surface area contributed by atoms with Crippen LogP contribution in [-0.4, -0.2) is 27.4 Å². The molecule has 0 saturated heterocycles. The summed E-state index contributed by atoms with van der Waals surface area (Å²) in [5.41, 5.74) is 1.37. The predicted molar refractivity (Wildman–Crippen MR) is 108 cm³/mol. The number of allylic oxidation sites excluding steroid dienone is 4. The average Bonchev–Trinajstić information content (AvgIpc) is 3.12. The third kappa shape index (κ3) is 6.53. The second kappa shape index (κ2) is 10.7.